The minimum atomic E-state index is -0.645. The fourth-order valence-corrected chi connectivity index (χ4v) is 5.65. The second kappa shape index (κ2) is 8.83. The summed E-state index contributed by atoms with van der Waals surface area (Å²) in [5, 5.41) is 5.26. The van der Waals surface area contributed by atoms with Gasteiger partial charge in [0.05, 0.1) is 6.34 Å². The van der Waals surface area contributed by atoms with Crippen molar-refractivity contribution in [2.24, 2.45) is 4.99 Å². The third kappa shape index (κ3) is 3.96. The number of amides is 1. The van der Waals surface area contributed by atoms with Crippen molar-refractivity contribution in [2.75, 3.05) is 24.5 Å². The van der Waals surface area contributed by atoms with Crippen LogP contribution < -0.4 is 26.3 Å². The molecule has 6 rings (SSSR count). The van der Waals surface area contributed by atoms with Crippen LogP contribution in [0.15, 0.2) is 45.9 Å². The Kier molecular flexibility index (Phi) is 5.51. The van der Waals surface area contributed by atoms with Crippen LogP contribution in [-0.4, -0.2) is 47.8 Å². The van der Waals surface area contributed by atoms with Gasteiger partial charge in [0.15, 0.2) is 6.04 Å². The molecule has 3 aliphatic heterocycles. The molecule has 2 N–H and O–H groups in total. The monoisotopic (exact) mass is 473 g/mol. The summed E-state index contributed by atoms with van der Waals surface area (Å²) in [6.07, 6.45) is 11.9. The van der Waals surface area contributed by atoms with E-state index >= 15 is 0 Å². The smallest absolute Gasteiger partial charge is 0.255 e. The van der Waals surface area contributed by atoms with Gasteiger partial charge in [-0.25, -0.2) is 4.39 Å². The van der Waals surface area contributed by atoms with E-state index in [0.717, 1.165) is 60.7 Å². The number of benzene rings is 1. The third-order valence-electron chi connectivity index (χ3n) is 7.54. The van der Waals surface area contributed by atoms with Crippen LogP contribution in [0.1, 0.15) is 42.7 Å². The highest BCUT2D eigenvalue weighted by Crippen LogP contribution is 2.31. The first-order valence-electron chi connectivity index (χ1n) is 12.4. The van der Waals surface area contributed by atoms with E-state index in [1.54, 1.807) is 23.4 Å². The fraction of sp³-hybridized carbons (Fsp3) is 0.370. The van der Waals surface area contributed by atoms with Crippen molar-refractivity contribution in [1.29, 1.82) is 0 Å². The van der Waals surface area contributed by atoms with E-state index in [1.165, 1.54) is 6.07 Å². The molecule has 1 amide bonds. The molecule has 1 unspecified atom stereocenters. The Labute approximate surface area is 202 Å². The summed E-state index contributed by atoms with van der Waals surface area (Å²) in [5.74, 6) is 0.660. The van der Waals surface area contributed by atoms with E-state index in [0.29, 0.717) is 24.2 Å². The highest BCUT2D eigenvalue weighted by atomic mass is 19.1. The van der Waals surface area contributed by atoms with Crippen LogP contribution >= 0.6 is 0 Å². The molecule has 0 radical (unpaired) electrons. The molecule has 1 aliphatic carbocycles. The van der Waals surface area contributed by atoms with Gasteiger partial charge in [0.2, 0.25) is 0 Å². The lowest BCUT2D eigenvalue weighted by molar-refractivity contribution is -0.118. The van der Waals surface area contributed by atoms with Gasteiger partial charge in [0.25, 0.3) is 11.5 Å². The third-order valence-corrected chi connectivity index (χ3v) is 7.54. The van der Waals surface area contributed by atoms with Crippen LogP contribution in [0.3, 0.4) is 0 Å². The number of fused-ring (bicyclic) bond motifs is 2. The summed E-state index contributed by atoms with van der Waals surface area (Å²) in [5.41, 5.74) is 2.13. The molecule has 1 aromatic heterocycles. The average molecular weight is 474 g/mol. The Bertz CT molecular complexity index is 1420. The van der Waals surface area contributed by atoms with E-state index in [1.807, 2.05) is 6.08 Å². The SMILES string of the molecule is O=C(C1C=C(N2CCC(c3cc4c([nH]c3=O)=CCCC=4)CC2)NC=N1)N1CCc2c(F)cccc21. The summed E-state index contributed by atoms with van der Waals surface area (Å²) in [7, 11) is 0. The molecule has 4 aliphatic rings. The predicted octanol–water partition coefficient (Wildman–Crippen LogP) is 1.48. The molecule has 4 heterocycles. The first-order chi connectivity index (χ1) is 17.1. The van der Waals surface area contributed by atoms with Gasteiger partial charge in [-0.3, -0.25) is 14.6 Å². The van der Waals surface area contributed by atoms with Gasteiger partial charge < -0.3 is 20.1 Å². The number of rotatable bonds is 3. The molecule has 0 bridgehead atoms. The highest BCUT2D eigenvalue weighted by Gasteiger charge is 2.32. The molecule has 8 heteroatoms. The van der Waals surface area contributed by atoms with Gasteiger partial charge in [-0.15, -0.1) is 0 Å². The summed E-state index contributed by atoms with van der Waals surface area (Å²) in [6.45, 7) is 2.03. The lowest BCUT2D eigenvalue weighted by Crippen LogP contribution is -2.44. The van der Waals surface area contributed by atoms with Gasteiger partial charge in [-0.05, 0) is 67.5 Å². The number of hydrogen-bond donors (Lipinski definition) is 2. The Morgan fingerprint density at radius 2 is 1.94 bits per heavy atom. The minimum Gasteiger partial charge on any atom is -0.358 e. The molecule has 1 aromatic carbocycles. The van der Waals surface area contributed by atoms with Crippen LogP contribution in [0.4, 0.5) is 10.1 Å². The van der Waals surface area contributed by atoms with Crippen LogP contribution in [0, 0.1) is 5.82 Å². The molecule has 1 atom stereocenters. The van der Waals surface area contributed by atoms with Crippen LogP contribution in [0.2, 0.25) is 0 Å². The highest BCUT2D eigenvalue weighted by molar-refractivity contribution is 6.01. The molecular formula is C27H28FN5O2. The molecule has 35 heavy (non-hydrogen) atoms. The number of pyridine rings is 1. The first kappa shape index (κ1) is 21.8. The van der Waals surface area contributed by atoms with Crippen molar-refractivity contribution < 1.29 is 9.18 Å². The Hall–Kier alpha value is -3.68. The van der Waals surface area contributed by atoms with Gasteiger partial charge in [0, 0.05) is 41.8 Å². The molecule has 0 saturated carbocycles. The van der Waals surface area contributed by atoms with E-state index in [9.17, 15) is 14.0 Å². The standard InChI is InChI=1S/C27H28FN5O2/c28-21-5-3-7-24-19(21)10-13-33(24)27(35)23-15-25(30-16-29-23)32-11-8-17(9-12-32)20-14-18-4-1-2-6-22(18)31-26(20)34/h3-7,14-17,23H,1-2,8-13H2,(H,29,30)(H,31,34). The molecular weight excluding hydrogens is 445 g/mol. The van der Waals surface area contributed by atoms with E-state index in [4.69, 9.17) is 0 Å². The zero-order valence-corrected chi connectivity index (χ0v) is 19.5. The number of likely N-dealkylation sites (tertiary alicyclic amines) is 1. The van der Waals surface area contributed by atoms with Crippen molar-refractivity contribution in [3.05, 3.63) is 74.0 Å². The molecule has 1 saturated heterocycles. The maximum absolute atomic E-state index is 14.1. The predicted molar refractivity (Wildman–Crippen MR) is 134 cm³/mol. The molecule has 0 spiro atoms. The number of carbonyl (C=O) groups excluding carboxylic acids is 1. The Morgan fingerprint density at radius 1 is 1.11 bits per heavy atom. The van der Waals surface area contributed by atoms with E-state index in [2.05, 4.69) is 38.4 Å². The number of H-pyrrole nitrogens is 1. The maximum atomic E-state index is 14.1. The topological polar surface area (TPSA) is 80.8 Å². The lowest BCUT2D eigenvalue weighted by atomic mass is 9.89. The Balaban J connectivity index is 1.16. The van der Waals surface area contributed by atoms with E-state index < -0.39 is 6.04 Å². The normalized spacial score (nSPS) is 21.4. The number of hydrogen-bond acceptors (Lipinski definition) is 5. The molecule has 180 valence electrons. The molecule has 7 nitrogen and oxygen atoms in total. The zero-order valence-electron chi connectivity index (χ0n) is 19.5. The van der Waals surface area contributed by atoms with Crippen molar-refractivity contribution in [1.82, 2.24) is 15.2 Å². The number of aromatic amines is 1. The molecule has 2 aromatic rings. The van der Waals surface area contributed by atoms with E-state index in [-0.39, 0.29) is 23.2 Å². The van der Waals surface area contributed by atoms with Crippen molar-refractivity contribution in [3.8, 4) is 0 Å². The van der Waals surface area contributed by atoms with Crippen molar-refractivity contribution in [3.63, 3.8) is 0 Å². The number of halogens is 1. The number of piperidine rings is 1. The Morgan fingerprint density at radius 3 is 2.80 bits per heavy atom. The van der Waals surface area contributed by atoms with Gasteiger partial charge in [-0.2, -0.15) is 0 Å². The van der Waals surface area contributed by atoms with Crippen molar-refractivity contribution >= 4 is 30.1 Å². The quantitative estimate of drug-likeness (QED) is 0.708. The van der Waals surface area contributed by atoms with Crippen LogP contribution in [0.5, 0.6) is 0 Å². The first-order valence-corrected chi connectivity index (χ1v) is 12.4. The number of nitrogens with zero attached hydrogens (tertiary/aromatic N) is 3. The maximum Gasteiger partial charge on any atom is 0.255 e. The number of anilines is 1. The van der Waals surface area contributed by atoms with Gasteiger partial charge in [0.1, 0.15) is 11.6 Å². The second-order valence-electron chi connectivity index (χ2n) is 9.57. The summed E-state index contributed by atoms with van der Waals surface area (Å²) < 4.78 is 14.1. The lowest BCUT2D eigenvalue weighted by Gasteiger charge is -2.36. The summed E-state index contributed by atoms with van der Waals surface area (Å²) in [4.78, 5) is 37.2. The summed E-state index contributed by atoms with van der Waals surface area (Å²) >= 11 is 0. The van der Waals surface area contributed by atoms with Crippen molar-refractivity contribution in [2.45, 2.75) is 44.1 Å². The minimum absolute atomic E-state index is 0.0175. The zero-order chi connectivity index (χ0) is 23.9. The molecule has 1 fully saturated rings. The summed E-state index contributed by atoms with van der Waals surface area (Å²) in [6, 6.07) is 6.29. The fourth-order valence-electron chi connectivity index (χ4n) is 5.65. The number of aliphatic imine (C=N–C) groups is 1. The van der Waals surface area contributed by atoms with Gasteiger partial charge >= 0.3 is 0 Å². The van der Waals surface area contributed by atoms with Gasteiger partial charge in [-0.1, -0.05) is 18.2 Å². The number of nitrogens with one attached hydrogen (secondary N) is 2. The second-order valence-corrected chi connectivity index (χ2v) is 9.57. The largest absolute Gasteiger partial charge is 0.358 e. The average Bonchev–Trinajstić information content (AvgIpc) is 3.34. The number of carbonyl (C=O) groups is 1. The number of aromatic nitrogens is 1. The van der Waals surface area contributed by atoms with Crippen LogP contribution in [-0.2, 0) is 11.2 Å². The van der Waals surface area contributed by atoms with Crippen LogP contribution in [0.25, 0.3) is 12.2 Å².